The molecule has 120 valence electrons. The molecule has 0 unspecified atom stereocenters. The Morgan fingerprint density at radius 3 is 3.00 bits per heavy atom. The van der Waals surface area contributed by atoms with Crippen molar-refractivity contribution in [2.45, 2.75) is 12.0 Å². The SMILES string of the molecule is COCc1[nH]nc2c1[C@]1(C(=O)Nc3ccccc31)C(C#N)=C(N)O2. The van der Waals surface area contributed by atoms with E-state index >= 15 is 0 Å². The molecule has 1 aromatic carbocycles. The molecule has 1 atom stereocenters. The molecule has 3 heterocycles. The molecule has 0 aliphatic carbocycles. The standard InChI is InChI=1S/C16H13N5O3/c1-23-7-11-12-14(21-20-11)24-13(18)9(6-17)16(12)8-4-2-3-5-10(8)19-15(16)22/h2-5H,7,18H2,1H3,(H,19,22)(H,20,21)/t16-/m1/s1. The van der Waals surface area contributed by atoms with Crippen LogP contribution in [-0.4, -0.2) is 23.2 Å². The van der Waals surface area contributed by atoms with Crippen LogP contribution < -0.4 is 15.8 Å². The van der Waals surface area contributed by atoms with Crippen molar-refractivity contribution in [3.63, 3.8) is 0 Å². The number of benzene rings is 1. The summed E-state index contributed by atoms with van der Waals surface area (Å²) in [6.07, 6.45) is 0. The maximum atomic E-state index is 13.1. The van der Waals surface area contributed by atoms with Crippen LogP contribution in [0.4, 0.5) is 5.69 Å². The smallest absolute Gasteiger partial charge is 0.245 e. The van der Waals surface area contributed by atoms with Gasteiger partial charge in [0, 0.05) is 18.4 Å². The van der Waals surface area contributed by atoms with Gasteiger partial charge < -0.3 is 20.5 Å². The molecule has 2 aliphatic rings. The van der Waals surface area contributed by atoms with Gasteiger partial charge in [-0.05, 0) is 6.07 Å². The van der Waals surface area contributed by atoms with E-state index in [1.165, 1.54) is 7.11 Å². The topological polar surface area (TPSA) is 126 Å². The predicted octanol–water partition coefficient (Wildman–Crippen LogP) is 0.881. The zero-order valence-electron chi connectivity index (χ0n) is 12.7. The molecule has 1 spiro atoms. The molecule has 24 heavy (non-hydrogen) atoms. The number of amides is 1. The number of H-pyrrole nitrogens is 1. The van der Waals surface area contributed by atoms with E-state index in [1.807, 2.05) is 12.1 Å². The second-order valence-electron chi connectivity index (χ2n) is 5.52. The average Bonchev–Trinajstić information content (AvgIpc) is 3.09. The molecular formula is C16H13N5O3. The average molecular weight is 323 g/mol. The minimum absolute atomic E-state index is 0.0382. The monoisotopic (exact) mass is 323 g/mol. The first-order chi connectivity index (χ1) is 11.6. The van der Waals surface area contributed by atoms with E-state index < -0.39 is 5.41 Å². The van der Waals surface area contributed by atoms with E-state index in [2.05, 4.69) is 15.5 Å². The Kier molecular flexibility index (Phi) is 2.88. The first kappa shape index (κ1) is 14.3. The van der Waals surface area contributed by atoms with Gasteiger partial charge in [0.1, 0.15) is 17.1 Å². The van der Waals surface area contributed by atoms with E-state index in [0.717, 1.165) is 0 Å². The van der Waals surface area contributed by atoms with Gasteiger partial charge in [-0.25, -0.2) is 0 Å². The van der Waals surface area contributed by atoms with Gasteiger partial charge in [-0.15, -0.1) is 5.10 Å². The fourth-order valence-electron chi connectivity index (χ4n) is 3.43. The summed E-state index contributed by atoms with van der Waals surface area (Å²) in [5.41, 5.74) is 6.84. The molecular weight excluding hydrogens is 310 g/mol. The number of para-hydroxylation sites is 1. The summed E-state index contributed by atoms with van der Waals surface area (Å²) >= 11 is 0. The minimum Gasteiger partial charge on any atom is -0.420 e. The maximum absolute atomic E-state index is 13.1. The number of nitriles is 1. The number of nitrogens with two attached hydrogens (primary N) is 1. The molecule has 4 rings (SSSR count). The number of nitrogens with zero attached hydrogens (tertiary/aromatic N) is 2. The Morgan fingerprint density at radius 1 is 1.46 bits per heavy atom. The summed E-state index contributed by atoms with van der Waals surface area (Å²) in [6, 6.07) is 9.22. The number of carbonyl (C=O) groups excluding carboxylic acids is 1. The highest BCUT2D eigenvalue weighted by Crippen LogP contribution is 2.53. The van der Waals surface area contributed by atoms with Crippen LogP contribution in [0.3, 0.4) is 0 Å². The highest BCUT2D eigenvalue weighted by Gasteiger charge is 2.58. The van der Waals surface area contributed by atoms with Crippen molar-refractivity contribution in [3.8, 4) is 11.9 Å². The van der Waals surface area contributed by atoms with Crippen LogP contribution in [0.5, 0.6) is 5.88 Å². The summed E-state index contributed by atoms with van der Waals surface area (Å²) in [4.78, 5) is 13.1. The molecule has 0 bridgehead atoms. The number of hydrogen-bond acceptors (Lipinski definition) is 6. The number of carbonyl (C=O) groups is 1. The van der Waals surface area contributed by atoms with E-state index in [1.54, 1.807) is 18.2 Å². The van der Waals surface area contributed by atoms with Crippen molar-refractivity contribution < 1.29 is 14.3 Å². The van der Waals surface area contributed by atoms with Crippen molar-refractivity contribution >= 4 is 11.6 Å². The van der Waals surface area contributed by atoms with Gasteiger partial charge in [0.05, 0.1) is 17.9 Å². The third-order valence-electron chi connectivity index (χ3n) is 4.33. The fourth-order valence-corrected chi connectivity index (χ4v) is 3.43. The molecule has 8 nitrogen and oxygen atoms in total. The van der Waals surface area contributed by atoms with Gasteiger partial charge in [-0.1, -0.05) is 18.2 Å². The Labute approximate surface area is 136 Å². The van der Waals surface area contributed by atoms with Crippen LogP contribution in [0.2, 0.25) is 0 Å². The number of ether oxygens (including phenoxy) is 2. The Morgan fingerprint density at radius 2 is 2.25 bits per heavy atom. The van der Waals surface area contributed by atoms with Crippen LogP contribution >= 0.6 is 0 Å². The largest absolute Gasteiger partial charge is 0.420 e. The number of anilines is 1. The Hall–Kier alpha value is -3.31. The number of methoxy groups -OCH3 is 1. The summed E-state index contributed by atoms with van der Waals surface area (Å²) in [5, 5.41) is 19.4. The molecule has 8 heteroatoms. The number of aromatic amines is 1. The third-order valence-corrected chi connectivity index (χ3v) is 4.33. The first-order valence-electron chi connectivity index (χ1n) is 7.20. The van der Waals surface area contributed by atoms with Gasteiger partial charge in [-0.2, -0.15) is 5.26 Å². The van der Waals surface area contributed by atoms with E-state index in [9.17, 15) is 10.1 Å². The normalized spacial score (nSPS) is 21.1. The van der Waals surface area contributed by atoms with Gasteiger partial charge >= 0.3 is 0 Å². The van der Waals surface area contributed by atoms with Gasteiger partial charge in [-0.3, -0.25) is 9.89 Å². The molecule has 1 amide bonds. The van der Waals surface area contributed by atoms with Crippen molar-refractivity contribution in [1.82, 2.24) is 10.2 Å². The number of nitrogens with one attached hydrogen (secondary N) is 2. The molecule has 0 radical (unpaired) electrons. The number of hydrogen-bond donors (Lipinski definition) is 3. The fraction of sp³-hybridized carbons (Fsp3) is 0.188. The summed E-state index contributed by atoms with van der Waals surface area (Å²) in [6.45, 7) is 0.182. The second-order valence-corrected chi connectivity index (χ2v) is 5.52. The zero-order chi connectivity index (χ0) is 16.9. The Bertz CT molecular complexity index is 939. The van der Waals surface area contributed by atoms with Crippen LogP contribution in [0, 0.1) is 11.3 Å². The quantitative estimate of drug-likeness (QED) is 0.753. The van der Waals surface area contributed by atoms with Gasteiger partial charge in [0.2, 0.25) is 17.7 Å². The van der Waals surface area contributed by atoms with Gasteiger partial charge in [0.25, 0.3) is 0 Å². The molecule has 2 aromatic rings. The predicted molar refractivity (Wildman–Crippen MR) is 82.6 cm³/mol. The van der Waals surface area contributed by atoms with Crippen LogP contribution in [0.25, 0.3) is 0 Å². The second kappa shape index (κ2) is 4.84. The van der Waals surface area contributed by atoms with Crippen molar-refractivity contribution in [2.24, 2.45) is 5.73 Å². The molecule has 4 N–H and O–H groups in total. The number of rotatable bonds is 2. The Balaban J connectivity index is 2.12. The highest BCUT2D eigenvalue weighted by molar-refractivity contribution is 6.12. The first-order valence-corrected chi connectivity index (χ1v) is 7.20. The van der Waals surface area contributed by atoms with E-state index in [4.69, 9.17) is 15.2 Å². The zero-order valence-corrected chi connectivity index (χ0v) is 12.7. The van der Waals surface area contributed by atoms with Crippen molar-refractivity contribution in [1.29, 1.82) is 5.26 Å². The lowest BCUT2D eigenvalue weighted by molar-refractivity contribution is -0.118. The summed E-state index contributed by atoms with van der Waals surface area (Å²) in [5.74, 6) is -0.329. The molecule has 0 saturated carbocycles. The van der Waals surface area contributed by atoms with Crippen molar-refractivity contribution in [3.05, 3.63) is 52.5 Å². The third kappa shape index (κ3) is 1.54. The number of fused-ring (bicyclic) bond motifs is 4. The maximum Gasteiger partial charge on any atom is 0.245 e. The minimum atomic E-state index is -1.40. The summed E-state index contributed by atoms with van der Waals surface area (Å²) in [7, 11) is 1.53. The van der Waals surface area contributed by atoms with Gasteiger partial charge in [0.15, 0.2) is 0 Å². The highest BCUT2D eigenvalue weighted by atomic mass is 16.5. The molecule has 0 fully saturated rings. The number of aromatic nitrogens is 2. The summed E-state index contributed by atoms with van der Waals surface area (Å²) < 4.78 is 10.7. The molecule has 0 saturated heterocycles. The van der Waals surface area contributed by atoms with Crippen LogP contribution in [0.1, 0.15) is 16.8 Å². The van der Waals surface area contributed by atoms with E-state index in [0.29, 0.717) is 22.5 Å². The van der Waals surface area contributed by atoms with Crippen molar-refractivity contribution in [2.75, 3.05) is 12.4 Å². The van der Waals surface area contributed by atoms with Crippen LogP contribution in [-0.2, 0) is 21.6 Å². The lowest BCUT2D eigenvalue weighted by atomic mass is 9.69. The van der Waals surface area contributed by atoms with Crippen LogP contribution in [0.15, 0.2) is 35.7 Å². The lowest BCUT2D eigenvalue weighted by Crippen LogP contribution is -2.42. The molecule has 2 aliphatic heterocycles. The molecule has 1 aromatic heterocycles. The van der Waals surface area contributed by atoms with E-state index in [-0.39, 0.29) is 29.9 Å². The lowest BCUT2D eigenvalue weighted by Gasteiger charge is -2.31.